The summed E-state index contributed by atoms with van der Waals surface area (Å²) in [7, 11) is 0. The van der Waals surface area contributed by atoms with Gasteiger partial charge in [0.15, 0.2) is 11.5 Å². The Labute approximate surface area is 248 Å². The number of hydrogen-bond donors (Lipinski definition) is 1. The van der Waals surface area contributed by atoms with E-state index < -0.39 is 35.6 Å². The first-order valence-electron chi connectivity index (χ1n) is 13.3. The van der Waals surface area contributed by atoms with Crippen molar-refractivity contribution in [1.82, 2.24) is 25.1 Å². The Kier molecular flexibility index (Phi) is 8.44. The predicted molar refractivity (Wildman–Crippen MR) is 156 cm³/mol. The van der Waals surface area contributed by atoms with Crippen LogP contribution in [0.3, 0.4) is 0 Å². The van der Waals surface area contributed by atoms with Gasteiger partial charge in [-0.15, -0.1) is 4.68 Å². The van der Waals surface area contributed by atoms with Crippen LogP contribution in [-0.2, 0) is 16.1 Å². The van der Waals surface area contributed by atoms with Crippen LogP contribution in [0.2, 0.25) is 10.0 Å². The Morgan fingerprint density at radius 2 is 1.68 bits per heavy atom. The number of carbonyl (C=O) groups is 2. The molecule has 1 aliphatic heterocycles. The zero-order valence-electron chi connectivity index (χ0n) is 24.3. The third-order valence-electron chi connectivity index (χ3n) is 6.42. The van der Waals surface area contributed by atoms with Crippen LogP contribution in [0.25, 0.3) is 22.4 Å². The summed E-state index contributed by atoms with van der Waals surface area (Å²) in [5.41, 5.74) is -0.947. The Morgan fingerprint density at radius 1 is 1.05 bits per heavy atom. The maximum absolute atomic E-state index is 14.4. The van der Waals surface area contributed by atoms with Gasteiger partial charge in [-0.1, -0.05) is 35.3 Å². The monoisotopic (exact) mass is 608 g/mol. The molecule has 4 rings (SSSR count). The molecule has 0 radical (unpaired) electrons. The fourth-order valence-electron chi connectivity index (χ4n) is 4.48. The van der Waals surface area contributed by atoms with Gasteiger partial charge in [-0.05, 0) is 67.4 Å². The van der Waals surface area contributed by atoms with Gasteiger partial charge in [-0.25, -0.2) is 23.9 Å². The van der Waals surface area contributed by atoms with Gasteiger partial charge in [0.05, 0.1) is 10.0 Å². The van der Waals surface area contributed by atoms with Crippen molar-refractivity contribution < 1.29 is 23.5 Å². The van der Waals surface area contributed by atoms with Gasteiger partial charge < -0.3 is 19.7 Å². The normalized spacial score (nSPS) is 15.6. The number of alkyl halides is 1. The molecule has 0 saturated carbocycles. The summed E-state index contributed by atoms with van der Waals surface area (Å²) >= 11 is 12.7. The molecule has 1 amide bonds. The van der Waals surface area contributed by atoms with Gasteiger partial charge in [0.1, 0.15) is 34.8 Å². The number of benzene rings is 1. The van der Waals surface area contributed by atoms with Crippen molar-refractivity contribution in [2.75, 3.05) is 18.0 Å². The first-order valence-corrected chi connectivity index (χ1v) is 14.1. The molecule has 2 aromatic heterocycles. The number of nitrogens with zero attached hydrogens (tertiary/aromatic N) is 5. The third-order valence-corrected chi connectivity index (χ3v) is 7.24. The second kappa shape index (κ2) is 11.2. The van der Waals surface area contributed by atoms with E-state index in [-0.39, 0.29) is 38.4 Å². The maximum Gasteiger partial charge on any atom is 0.437 e. The summed E-state index contributed by atoms with van der Waals surface area (Å²) in [5, 5.41) is 7.93. The maximum atomic E-state index is 14.4. The van der Waals surface area contributed by atoms with Crippen LogP contribution in [0.5, 0.6) is 0 Å². The summed E-state index contributed by atoms with van der Waals surface area (Å²) in [6.45, 7) is 12.6. The molecule has 1 fully saturated rings. The summed E-state index contributed by atoms with van der Waals surface area (Å²) in [5.74, 6) is 0.285. The van der Waals surface area contributed by atoms with Gasteiger partial charge in [0.25, 0.3) is 0 Å². The van der Waals surface area contributed by atoms with E-state index in [0.29, 0.717) is 31.5 Å². The molecular formula is C28H35Cl2FN6O4. The average Bonchev–Trinajstić information content (AvgIpc) is 3.21. The number of carbonyl (C=O) groups excluding carboxylic acids is 2. The zero-order valence-corrected chi connectivity index (χ0v) is 25.8. The van der Waals surface area contributed by atoms with Crippen LogP contribution < -0.4 is 10.2 Å². The molecule has 0 aliphatic carbocycles. The van der Waals surface area contributed by atoms with Crippen molar-refractivity contribution in [3.05, 3.63) is 33.9 Å². The number of halogens is 3. The van der Waals surface area contributed by atoms with Crippen molar-refractivity contribution in [3.8, 4) is 11.3 Å². The molecule has 0 unspecified atom stereocenters. The molecule has 0 spiro atoms. The van der Waals surface area contributed by atoms with Gasteiger partial charge >= 0.3 is 12.2 Å². The second-order valence-corrected chi connectivity index (χ2v) is 13.1. The molecule has 0 atom stereocenters. The number of piperidine rings is 1. The number of fused-ring (bicyclic) bond motifs is 1. The first-order chi connectivity index (χ1) is 19.0. The molecule has 1 N–H and O–H groups in total. The van der Waals surface area contributed by atoms with Gasteiger partial charge in [-0.2, -0.15) is 5.10 Å². The minimum Gasteiger partial charge on any atom is -0.444 e. The minimum absolute atomic E-state index is 0.0874. The Bertz CT molecular complexity index is 1470. The molecule has 3 aromatic rings. The van der Waals surface area contributed by atoms with E-state index in [1.165, 1.54) is 0 Å². The van der Waals surface area contributed by atoms with Crippen molar-refractivity contribution in [1.29, 1.82) is 0 Å². The first kappa shape index (κ1) is 30.8. The van der Waals surface area contributed by atoms with Crippen LogP contribution in [-0.4, -0.2) is 61.8 Å². The summed E-state index contributed by atoms with van der Waals surface area (Å²) in [6.07, 6.45) is -0.167. The number of anilines is 1. The van der Waals surface area contributed by atoms with Gasteiger partial charge in [-0.3, -0.25) is 0 Å². The summed E-state index contributed by atoms with van der Waals surface area (Å²) in [4.78, 5) is 36.8. The fraction of sp³-hybridized carbons (Fsp3) is 0.536. The van der Waals surface area contributed by atoms with Crippen LogP contribution in [0.4, 0.5) is 19.8 Å². The SMILES string of the molecule is CC1(NC(=O)OC(C)(C)C)CCN(c2nc3c(nc2CF)c(-c2cccc(Cl)c2Cl)nn3C(=O)OC(C)(C)C)CC1. The highest BCUT2D eigenvalue weighted by atomic mass is 35.5. The zero-order chi connectivity index (χ0) is 30.3. The number of hydrogen-bond acceptors (Lipinski definition) is 8. The summed E-state index contributed by atoms with van der Waals surface area (Å²) in [6, 6.07) is 5.00. The molecule has 0 bridgehead atoms. The molecular weight excluding hydrogens is 574 g/mol. The van der Waals surface area contributed by atoms with Crippen LogP contribution in [0.15, 0.2) is 18.2 Å². The molecule has 10 nitrogen and oxygen atoms in total. The number of amides is 1. The van der Waals surface area contributed by atoms with Gasteiger partial charge in [0.2, 0.25) is 0 Å². The highest BCUT2D eigenvalue weighted by Gasteiger charge is 2.35. The van der Waals surface area contributed by atoms with Gasteiger partial charge in [0, 0.05) is 24.2 Å². The molecule has 3 heterocycles. The van der Waals surface area contributed by atoms with Crippen LogP contribution in [0.1, 0.15) is 67.0 Å². The van der Waals surface area contributed by atoms with Crippen molar-refractivity contribution >= 4 is 52.4 Å². The topological polar surface area (TPSA) is 111 Å². The van der Waals surface area contributed by atoms with Crippen molar-refractivity contribution in [2.45, 2.75) is 84.7 Å². The van der Waals surface area contributed by atoms with E-state index in [2.05, 4.69) is 15.4 Å². The number of rotatable bonds is 4. The molecule has 1 saturated heterocycles. The molecule has 1 aromatic carbocycles. The molecule has 13 heteroatoms. The Morgan fingerprint density at radius 3 is 2.27 bits per heavy atom. The molecule has 1 aliphatic rings. The smallest absolute Gasteiger partial charge is 0.437 e. The number of aromatic nitrogens is 4. The van der Waals surface area contributed by atoms with E-state index in [1.54, 1.807) is 59.7 Å². The lowest BCUT2D eigenvalue weighted by Gasteiger charge is -2.40. The van der Waals surface area contributed by atoms with E-state index in [9.17, 15) is 14.0 Å². The fourth-order valence-corrected chi connectivity index (χ4v) is 4.87. The van der Waals surface area contributed by atoms with Crippen molar-refractivity contribution in [3.63, 3.8) is 0 Å². The highest BCUT2D eigenvalue weighted by Crippen LogP contribution is 2.37. The Hall–Kier alpha value is -3.18. The summed E-state index contributed by atoms with van der Waals surface area (Å²) < 4.78 is 26.5. The minimum atomic E-state index is -0.900. The van der Waals surface area contributed by atoms with Crippen LogP contribution >= 0.6 is 23.2 Å². The lowest BCUT2D eigenvalue weighted by atomic mass is 9.89. The largest absolute Gasteiger partial charge is 0.444 e. The highest BCUT2D eigenvalue weighted by molar-refractivity contribution is 6.43. The molecule has 222 valence electrons. The number of alkyl carbamates (subject to hydrolysis) is 1. The van der Waals surface area contributed by atoms with E-state index >= 15 is 0 Å². The average molecular weight is 610 g/mol. The number of nitrogens with one attached hydrogen (secondary N) is 1. The van der Waals surface area contributed by atoms with E-state index in [0.717, 1.165) is 4.68 Å². The van der Waals surface area contributed by atoms with Crippen LogP contribution in [0, 0.1) is 0 Å². The predicted octanol–water partition coefficient (Wildman–Crippen LogP) is 6.94. The standard InChI is InChI=1S/C28H35Cl2FN6O4/c1-26(2,3)40-24(38)34-28(7)11-13-36(14-12-28)22-18(15-31)32-21-20(16-9-8-10-17(29)19(16)30)35-37(23(21)33-22)25(39)41-27(4,5)6/h8-10H,11-15H2,1-7H3,(H,34,38). The Balaban J connectivity index is 1.74. The lowest BCUT2D eigenvalue weighted by molar-refractivity contribution is 0.0446. The quantitative estimate of drug-likeness (QED) is 0.339. The third kappa shape index (κ3) is 7.01. The number of ether oxygens (including phenoxy) is 2. The van der Waals surface area contributed by atoms with E-state index in [1.807, 2.05) is 11.8 Å². The second-order valence-electron chi connectivity index (χ2n) is 12.3. The van der Waals surface area contributed by atoms with Crippen molar-refractivity contribution in [2.24, 2.45) is 0 Å². The van der Waals surface area contributed by atoms with E-state index in [4.69, 9.17) is 37.7 Å². The molecule has 41 heavy (non-hydrogen) atoms. The lowest BCUT2D eigenvalue weighted by Crippen LogP contribution is -2.54.